The molecule has 0 saturated carbocycles. The largest absolute Gasteiger partial charge is 0.398 e. The number of nitrogen functional groups attached to an aromatic ring is 1. The van der Waals surface area contributed by atoms with Gasteiger partial charge in [0.1, 0.15) is 17.5 Å². The molecule has 0 spiro atoms. The monoisotopic (exact) mass is 472 g/mol. The number of carbonyl (C=O) groups excluding carboxylic acids is 1. The summed E-state index contributed by atoms with van der Waals surface area (Å²) in [6, 6.07) is 6.30. The van der Waals surface area contributed by atoms with Gasteiger partial charge in [-0.05, 0) is 45.4 Å². The van der Waals surface area contributed by atoms with Gasteiger partial charge >= 0.3 is 6.03 Å². The number of nitrogens with one attached hydrogen (secondary N) is 3. The first-order chi connectivity index (χ1) is 16.0. The van der Waals surface area contributed by atoms with Gasteiger partial charge in [-0.15, -0.1) is 0 Å². The molecule has 0 aliphatic carbocycles. The lowest BCUT2D eigenvalue weighted by Crippen LogP contribution is -2.48. The van der Waals surface area contributed by atoms with Crippen LogP contribution in [0.3, 0.4) is 0 Å². The number of hydrogen-bond acceptors (Lipinski definition) is 6. The maximum atomic E-state index is 13.4. The second-order valence-corrected chi connectivity index (χ2v) is 9.06. The van der Waals surface area contributed by atoms with Crippen LogP contribution < -0.4 is 16.4 Å². The number of urea groups is 1. The van der Waals surface area contributed by atoms with Crippen molar-refractivity contribution in [3.63, 3.8) is 0 Å². The first kappa shape index (κ1) is 25.4. The van der Waals surface area contributed by atoms with E-state index >= 15 is 0 Å². The van der Waals surface area contributed by atoms with Gasteiger partial charge in [-0.1, -0.05) is 12.1 Å². The zero-order valence-electron chi connectivity index (χ0n) is 20.2. The van der Waals surface area contributed by atoms with Gasteiger partial charge < -0.3 is 25.4 Å². The average Bonchev–Trinajstić information content (AvgIpc) is 2.77. The molecule has 3 rings (SSSR count). The van der Waals surface area contributed by atoms with Gasteiger partial charge in [-0.3, -0.25) is 10.7 Å². The van der Waals surface area contributed by atoms with E-state index in [0.717, 1.165) is 0 Å². The summed E-state index contributed by atoms with van der Waals surface area (Å²) in [5, 5.41) is 14.1. The number of carbonyl (C=O) groups is 1. The minimum Gasteiger partial charge on any atom is -0.398 e. The van der Waals surface area contributed by atoms with Crippen LogP contribution >= 0.6 is 0 Å². The van der Waals surface area contributed by atoms with Crippen molar-refractivity contribution < 1.29 is 18.7 Å². The Morgan fingerprint density at radius 1 is 1.29 bits per heavy atom. The molecule has 184 valence electrons. The van der Waals surface area contributed by atoms with E-state index < -0.39 is 17.7 Å². The Kier molecular flexibility index (Phi) is 7.73. The topological polar surface area (TPSA) is 126 Å². The molecule has 2 amide bonds. The molecule has 3 atom stereocenters. The first-order valence-corrected chi connectivity index (χ1v) is 11.1. The van der Waals surface area contributed by atoms with E-state index in [1.54, 1.807) is 19.2 Å². The van der Waals surface area contributed by atoms with Gasteiger partial charge in [0.05, 0.1) is 29.4 Å². The van der Waals surface area contributed by atoms with E-state index in [0.29, 0.717) is 29.9 Å². The third-order valence-corrected chi connectivity index (χ3v) is 5.87. The third kappa shape index (κ3) is 6.00. The number of morpholine rings is 1. The Balaban J connectivity index is 1.72. The van der Waals surface area contributed by atoms with E-state index in [-0.39, 0.29) is 29.7 Å². The fourth-order valence-electron chi connectivity index (χ4n) is 3.98. The van der Waals surface area contributed by atoms with Crippen molar-refractivity contribution in [2.45, 2.75) is 51.5 Å². The zero-order chi connectivity index (χ0) is 25.0. The highest BCUT2D eigenvalue weighted by Crippen LogP contribution is 2.29. The molecular weight excluding hydrogens is 439 g/mol. The van der Waals surface area contributed by atoms with Crippen molar-refractivity contribution >= 4 is 23.4 Å². The van der Waals surface area contributed by atoms with Crippen LogP contribution in [0.15, 0.2) is 36.5 Å². The van der Waals surface area contributed by atoms with Crippen LogP contribution in [0.4, 0.5) is 20.7 Å². The van der Waals surface area contributed by atoms with Crippen molar-refractivity contribution in [1.29, 1.82) is 5.41 Å². The second-order valence-electron chi connectivity index (χ2n) is 9.06. The van der Waals surface area contributed by atoms with Gasteiger partial charge in [0.25, 0.3) is 0 Å². The van der Waals surface area contributed by atoms with Crippen molar-refractivity contribution in [1.82, 2.24) is 15.2 Å². The maximum absolute atomic E-state index is 13.4. The van der Waals surface area contributed by atoms with Crippen molar-refractivity contribution in [2.24, 2.45) is 0 Å². The average molecular weight is 473 g/mol. The van der Waals surface area contributed by atoms with E-state index in [2.05, 4.69) is 15.6 Å². The highest BCUT2D eigenvalue weighted by Gasteiger charge is 2.32. The van der Waals surface area contributed by atoms with Crippen LogP contribution in [0.25, 0.3) is 0 Å². The van der Waals surface area contributed by atoms with Crippen LogP contribution in [-0.2, 0) is 9.47 Å². The summed E-state index contributed by atoms with van der Waals surface area (Å²) in [5.74, 6) is 0.137. The lowest BCUT2D eigenvalue weighted by molar-refractivity contribution is -0.0480. The number of halogens is 1. The number of benzene rings is 1. The molecule has 1 aromatic heterocycles. The molecule has 2 unspecified atom stereocenters. The Morgan fingerprint density at radius 2 is 1.91 bits per heavy atom. The molecule has 1 saturated heterocycles. The summed E-state index contributed by atoms with van der Waals surface area (Å²) in [4.78, 5) is 19.0. The summed E-state index contributed by atoms with van der Waals surface area (Å²) < 4.78 is 24.7. The van der Waals surface area contributed by atoms with Crippen LogP contribution in [0.2, 0.25) is 0 Å². The number of methoxy groups -OCH3 is 1. The quantitative estimate of drug-likeness (QED) is 0.377. The van der Waals surface area contributed by atoms with Gasteiger partial charge in [0.2, 0.25) is 0 Å². The number of nitrogens with two attached hydrogens (primary N) is 1. The fourth-order valence-corrected chi connectivity index (χ4v) is 3.98. The fraction of sp³-hybridized carbons (Fsp3) is 0.458. The lowest BCUT2D eigenvalue weighted by atomic mass is 9.91. The van der Waals surface area contributed by atoms with Gasteiger partial charge in [-0.2, -0.15) is 0 Å². The normalized spacial score (nSPS) is 19.4. The molecule has 9 nitrogen and oxygen atoms in total. The number of amidine groups is 1. The molecular formula is C24H33FN6O3. The molecule has 0 radical (unpaired) electrons. The van der Waals surface area contributed by atoms with Crippen molar-refractivity contribution in [2.75, 3.05) is 31.2 Å². The molecule has 1 aliphatic rings. The van der Waals surface area contributed by atoms with E-state index in [1.165, 1.54) is 24.4 Å². The predicted molar refractivity (Wildman–Crippen MR) is 129 cm³/mol. The Hall–Kier alpha value is -3.24. The third-order valence-electron chi connectivity index (χ3n) is 5.87. The molecule has 34 heavy (non-hydrogen) atoms. The molecule has 2 heterocycles. The van der Waals surface area contributed by atoms with Crippen LogP contribution in [0.5, 0.6) is 0 Å². The zero-order valence-corrected chi connectivity index (χ0v) is 20.2. The minimum atomic E-state index is -0.771. The number of amides is 2. The van der Waals surface area contributed by atoms with Crippen LogP contribution in [0.1, 0.15) is 44.9 Å². The Bertz CT molecular complexity index is 1020. The summed E-state index contributed by atoms with van der Waals surface area (Å²) in [6.07, 6.45) is 1.50. The number of anilines is 2. The van der Waals surface area contributed by atoms with E-state index in [1.807, 2.05) is 32.6 Å². The summed E-state index contributed by atoms with van der Waals surface area (Å²) in [6.45, 7) is 8.76. The molecule has 10 heteroatoms. The van der Waals surface area contributed by atoms with Crippen LogP contribution in [0, 0.1) is 11.2 Å². The minimum absolute atomic E-state index is 0.00771. The molecule has 1 aliphatic heterocycles. The molecule has 0 bridgehead atoms. The number of hydrogen-bond donors (Lipinski definition) is 4. The second kappa shape index (κ2) is 10.4. The number of ether oxygens (including phenoxy) is 2. The molecule has 1 aromatic carbocycles. The summed E-state index contributed by atoms with van der Waals surface area (Å²) in [7, 11) is 1.54. The molecule has 2 aromatic rings. The van der Waals surface area contributed by atoms with Gasteiger partial charge in [0.15, 0.2) is 0 Å². The van der Waals surface area contributed by atoms with Gasteiger partial charge in [0, 0.05) is 38.1 Å². The van der Waals surface area contributed by atoms with Crippen molar-refractivity contribution in [3.8, 4) is 0 Å². The lowest BCUT2D eigenvalue weighted by Gasteiger charge is -2.37. The van der Waals surface area contributed by atoms with Crippen molar-refractivity contribution in [3.05, 3.63) is 53.5 Å². The number of nitrogens with zero attached hydrogens (tertiary/aromatic N) is 2. The SMILES string of the molecule is COC(C)(C)C(NC(=O)Nc1cc(N)c(C(=N)N2CC(C)O[C@@H](C)C2)cn1)c1ccc(F)cc1. The standard InChI is InChI=1S/C24H33FN6O3/c1-14-12-31(13-15(2)34-14)22(27)18-11-28-20(10-19(18)26)29-23(32)30-21(24(3,4)33-5)16-6-8-17(25)9-7-16/h6-11,14-15,21,27H,12-13H2,1-5H3,(H4,26,28,29,30,32)/t14-,15?,21?/m0/s1. The smallest absolute Gasteiger partial charge is 0.320 e. The van der Waals surface area contributed by atoms with Crippen LogP contribution in [-0.4, -0.2) is 59.8 Å². The number of aromatic nitrogens is 1. The maximum Gasteiger partial charge on any atom is 0.320 e. The highest BCUT2D eigenvalue weighted by molar-refractivity contribution is 6.01. The first-order valence-electron chi connectivity index (χ1n) is 11.1. The van der Waals surface area contributed by atoms with E-state index in [4.69, 9.17) is 20.6 Å². The molecule has 1 fully saturated rings. The summed E-state index contributed by atoms with van der Waals surface area (Å²) >= 11 is 0. The molecule has 5 N–H and O–H groups in total. The predicted octanol–water partition coefficient (Wildman–Crippen LogP) is 3.53. The Morgan fingerprint density at radius 3 is 2.47 bits per heavy atom. The van der Waals surface area contributed by atoms with E-state index in [9.17, 15) is 9.18 Å². The van der Waals surface area contributed by atoms with Gasteiger partial charge in [-0.25, -0.2) is 14.2 Å². The number of pyridine rings is 1. The highest BCUT2D eigenvalue weighted by atomic mass is 19.1. The number of rotatable bonds is 6. The Labute approximate surface area is 199 Å². The summed E-state index contributed by atoms with van der Waals surface area (Å²) in [5.41, 5.74) is 6.93.